The summed E-state index contributed by atoms with van der Waals surface area (Å²) in [7, 11) is 1.66. The third kappa shape index (κ3) is 4.99. The Morgan fingerprint density at radius 1 is 1.17 bits per heavy atom. The van der Waals surface area contributed by atoms with Gasteiger partial charge in [-0.3, -0.25) is 4.79 Å². The van der Waals surface area contributed by atoms with Gasteiger partial charge in [0.1, 0.15) is 5.75 Å². The van der Waals surface area contributed by atoms with Gasteiger partial charge in [0.25, 0.3) is 0 Å². The van der Waals surface area contributed by atoms with Crippen LogP contribution in [0.25, 0.3) is 0 Å². The number of hydrogen-bond donors (Lipinski definition) is 1. The molecule has 2 aliphatic heterocycles. The molecule has 2 saturated heterocycles. The number of carbonyl (C=O) groups excluding carboxylic acids is 1. The molecule has 0 aliphatic carbocycles. The molecule has 2 aromatic rings. The first-order valence-corrected chi connectivity index (χ1v) is 10.8. The standard InChI is InChI=1S/C23H28ClN3O3/c1-29-22-6-5-18(24)15-21(22)27-8-7-19(16-27)25-23(28)14-17-3-2-4-20(13-17)26-9-11-30-12-10-26/h2-6,13,15,19H,7-12,14,16H2,1H3,(H,25,28)/t19-/m0/s1. The number of amides is 1. The van der Waals surface area contributed by atoms with Crippen molar-refractivity contribution in [1.29, 1.82) is 0 Å². The molecule has 0 aromatic heterocycles. The van der Waals surface area contributed by atoms with Gasteiger partial charge < -0.3 is 24.6 Å². The van der Waals surface area contributed by atoms with E-state index in [1.54, 1.807) is 7.11 Å². The predicted octanol–water partition coefficient (Wildman–Crippen LogP) is 3.12. The molecule has 0 spiro atoms. The van der Waals surface area contributed by atoms with Crippen molar-refractivity contribution in [1.82, 2.24) is 5.32 Å². The number of nitrogens with zero attached hydrogens (tertiary/aromatic N) is 2. The average molecular weight is 430 g/mol. The van der Waals surface area contributed by atoms with Crippen molar-refractivity contribution in [2.45, 2.75) is 18.9 Å². The fraction of sp³-hybridized carbons (Fsp3) is 0.435. The van der Waals surface area contributed by atoms with Gasteiger partial charge in [-0.2, -0.15) is 0 Å². The van der Waals surface area contributed by atoms with Crippen LogP contribution in [0.15, 0.2) is 42.5 Å². The van der Waals surface area contributed by atoms with Crippen LogP contribution in [0.1, 0.15) is 12.0 Å². The molecule has 2 fully saturated rings. The maximum absolute atomic E-state index is 12.7. The zero-order chi connectivity index (χ0) is 20.9. The van der Waals surface area contributed by atoms with Crippen molar-refractivity contribution in [3.05, 3.63) is 53.1 Å². The lowest BCUT2D eigenvalue weighted by Crippen LogP contribution is -2.38. The molecule has 1 amide bonds. The quantitative estimate of drug-likeness (QED) is 0.764. The molecular weight excluding hydrogens is 402 g/mol. The number of ether oxygens (including phenoxy) is 2. The highest BCUT2D eigenvalue weighted by Crippen LogP contribution is 2.33. The van der Waals surface area contributed by atoms with E-state index in [9.17, 15) is 4.79 Å². The second kappa shape index (κ2) is 9.58. The first-order valence-electron chi connectivity index (χ1n) is 10.4. The Labute approximate surface area is 182 Å². The Morgan fingerprint density at radius 3 is 2.80 bits per heavy atom. The lowest BCUT2D eigenvalue weighted by atomic mass is 10.1. The van der Waals surface area contributed by atoms with Crippen molar-refractivity contribution in [2.24, 2.45) is 0 Å². The molecule has 4 rings (SSSR count). The molecule has 2 heterocycles. The largest absolute Gasteiger partial charge is 0.495 e. The predicted molar refractivity (Wildman–Crippen MR) is 120 cm³/mol. The smallest absolute Gasteiger partial charge is 0.224 e. The summed E-state index contributed by atoms with van der Waals surface area (Å²) >= 11 is 6.17. The molecule has 6 nitrogen and oxygen atoms in total. The SMILES string of the molecule is COc1ccc(Cl)cc1N1CC[C@H](NC(=O)Cc2cccc(N3CCOCC3)c2)C1. The summed E-state index contributed by atoms with van der Waals surface area (Å²) in [5.74, 6) is 0.852. The Balaban J connectivity index is 1.34. The van der Waals surface area contributed by atoms with Gasteiger partial charge in [0, 0.05) is 42.9 Å². The van der Waals surface area contributed by atoms with E-state index < -0.39 is 0 Å². The molecule has 1 N–H and O–H groups in total. The molecule has 0 radical (unpaired) electrons. The zero-order valence-corrected chi connectivity index (χ0v) is 18.0. The molecule has 0 unspecified atom stereocenters. The van der Waals surface area contributed by atoms with Crippen molar-refractivity contribution in [2.75, 3.05) is 56.3 Å². The lowest BCUT2D eigenvalue weighted by Gasteiger charge is -2.29. The van der Waals surface area contributed by atoms with Crippen LogP contribution < -0.4 is 19.9 Å². The fourth-order valence-corrected chi connectivity index (χ4v) is 4.32. The third-order valence-electron chi connectivity index (χ3n) is 5.69. The van der Waals surface area contributed by atoms with Gasteiger partial charge in [-0.25, -0.2) is 0 Å². The van der Waals surface area contributed by atoms with Crippen LogP contribution in [0.3, 0.4) is 0 Å². The highest BCUT2D eigenvalue weighted by Gasteiger charge is 2.26. The maximum Gasteiger partial charge on any atom is 0.224 e. The van der Waals surface area contributed by atoms with Crippen molar-refractivity contribution >= 4 is 28.9 Å². The minimum atomic E-state index is 0.0547. The van der Waals surface area contributed by atoms with Crippen molar-refractivity contribution in [3.63, 3.8) is 0 Å². The molecule has 2 aromatic carbocycles. The number of morpholine rings is 1. The molecular formula is C23H28ClN3O3. The van der Waals surface area contributed by atoms with Crippen LogP contribution in [-0.4, -0.2) is 58.5 Å². The number of hydrogen-bond acceptors (Lipinski definition) is 5. The minimum Gasteiger partial charge on any atom is -0.495 e. The summed E-state index contributed by atoms with van der Waals surface area (Å²) in [5.41, 5.74) is 3.16. The van der Waals surface area contributed by atoms with E-state index >= 15 is 0 Å². The van der Waals surface area contributed by atoms with Gasteiger partial charge in [-0.15, -0.1) is 0 Å². The summed E-state index contributed by atoms with van der Waals surface area (Å²) in [4.78, 5) is 17.2. The highest BCUT2D eigenvalue weighted by molar-refractivity contribution is 6.30. The van der Waals surface area contributed by atoms with E-state index in [1.807, 2.05) is 30.3 Å². The number of anilines is 2. The van der Waals surface area contributed by atoms with Gasteiger partial charge in [-0.05, 0) is 42.3 Å². The van der Waals surface area contributed by atoms with Crippen LogP contribution in [0, 0.1) is 0 Å². The summed E-state index contributed by atoms with van der Waals surface area (Å²) in [6.07, 6.45) is 1.28. The Hall–Kier alpha value is -2.44. The molecule has 2 aliphatic rings. The van der Waals surface area contributed by atoms with Crippen LogP contribution >= 0.6 is 11.6 Å². The normalized spacial score (nSPS) is 19.1. The van der Waals surface area contributed by atoms with E-state index in [1.165, 1.54) is 0 Å². The number of halogens is 1. The second-order valence-electron chi connectivity index (χ2n) is 7.76. The van der Waals surface area contributed by atoms with E-state index in [-0.39, 0.29) is 11.9 Å². The minimum absolute atomic E-state index is 0.0547. The molecule has 160 valence electrons. The van der Waals surface area contributed by atoms with Crippen LogP contribution in [-0.2, 0) is 16.0 Å². The number of benzene rings is 2. The van der Waals surface area contributed by atoms with E-state index in [0.717, 1.165) is 68.5 Å². The molecule has 7 heteroatoms. The van der Waals surface area contributed by atoms with Gasteiger partial charge in [0.2, 0.25) is 5.91 Å². The van der Waals surface area contributed by atoms with Gasteiger partial charge in [0.15, 0.2) is 0 Å². The van der Waals surface area contributed by atoms with Crippen LogP contribution in [0.2, 0.25) is 5.02 Å². The summed E-state index contributed by atoms with van der Waals surface area (Å²) < 4.78 is 10.9. The van der Waals surface area contributed by atoms with Gasteiger partial charge in [-0.1, -0.05) is 23.7 Å². The number of methoxy groups -OCH3 is 1. The van der Waals surface area contributed by atoms with Gasteiger partial charge in [0.05, 0.1) is 32.4 Å². The molecule has 1 atom stereocenters. The number of carbonyl (C=O) groups is 1. The molecule has 0 bridgehead atoms. The Morgan fingerprint density at radius 2 is 2.00 bits per heavy atom. The monoisotopic (exact) mass is 429 g/mol. The Bertz CT molecular complexity index is 886. The van der Waals surface area contributed by atoms with Crippen molar-refractivity contribution < 1.29 is 14.3 Å². The summed E-state index contributed by atoms with van der Waals surface area (Å²) in [5, 5.41) is 3.87. The van der Waals surface area contributed by atoms with Crippen LogP contribution in [0.4, 0.5) is 11.4 Å². The summed E-state index contributed by atoms with van der Waals surface area (Å²) in [6, 6.07) is 14.0. The molecule has 30 heavy (non-hydrogen) atoms. The van der Waals surface area contributed by atoms with Crippen molar-refractivity contribution in [3.8, 4) is 5.75 Å². The zero-order valence-electron chi connectivity index (χ0n) is 17.3. The number of nitrogens with one attached hydrogen (secondary N) is 1. The fourth-order valence-electron chi connectivity index (χ4n) is 4.16. The Kier molecular flexibility index (Phi) is 6.65. The van der Waals surface area contributed by atoms with E-state index in [2.05, 4.69) is 27.2 Å². The molecule has 0 saturated carbocycles. The van der Waals surface area contributed by atoms with Gasteiger partial charge >= 0.3 is 0 Å². The second-order valence-corrected chi connectivity index (χ2v) is 8.20. The topological polar surface area (TPSA) is 54.0 Å². The van der Waals surface area contributed by atoms with Crippen LogP contribution in [0.5, 0.6) is 5.75 Å². The highest BCUT2D eigenvalue weighted by atomic mass is 35.5. The maximum atomic E-state index is 12.7. The van der Waals surface area contributed by atoms with E-state index in [4.69, 9.17) is 21.1 Å². The third-order valence-corrected chi connectivity index (χ3v) is 5.92. The number of rotatable bonds is 6. The average Bonchev–Trinajstić information content (AvgIpc) is 3.22. The summed E-state index contributed by atoms with van der Waals surface area (Å²) in [6.45, 7) is 4.88. The lowest BCUT2D eigenvalue weighted by molar-refractivity contribution is -0.121. The van der Waals surface area contributed by atoms with E-state index in [0.29, 0.717) is 11.4 Å². The first-order chi connectivity index (χ1) is 14.6. The first kappa shape index (κ1) is 20.8.